The lowest BCUT2D eigenvalue weighted by Crippen LogP contribution is -2.61. The highest BCUT2D eigenvalue weighted by molar-refractivity contribution is 7.92. The van der Waals surface area contributed by atoms with Crippen LogP contribution in [0.5, 0.6) is 0 Å². The fraction of sp³-hybridized carbons (Fsp3) is 0.682. The predicted octanol–water partition coefficient (Wildman–Crippen LogP) is 3.93. The number of alkyl halides is 2. The number of sulfone groups is 1. The summed E-state index contributed by atoms with van der Waals surface area (Å²) in [5, 5.41) is 2.10. The first kappa shape index (κ1) is 25.0. The quantitative estimate of drug-likeness (QED) is 0.603. The van der Waals surface area contributed by atoms with Gasteiger partial charge in [-0.15, -0.1) is 0 Å². The zero-order chi connectivity index (χ0) is 23.6. The molecule has 0 atom stereocenters. The number of hydrogen-bond donors (Lipinski definition) is 1. The van der Waals surface area contributed by atoms with Gasteiger partial charge in [-0.3, -0.25) is 9.69 Å². The molecule has 1 aromatic carbocycles. The molecule has 1 aliphatic heterocycles. The Hall–Kier alpha value is -1.68. The van der Waals surface area contributed by atoms with E-state index in [0.29, 0.717) is 32.4 Å². The van der Waals surface area contributed by atoms with E-state index in [1.54, 1.807) is 0 Å². The fourth-order valence-electron chi connectivity index (χ4n) is 4.87. The molecule has 0 bridgehead atoms. The molecule has 5 nitrogen and oxygen atoms in total. The van der Waals surface area contributed by atoms with Gasteiger partial charge in [0.1, 0.15) is 17.2 Å². The number of likely N-dealkylation sites (tertiary alicyclic amines) is 1. The van der Waals surface area contributed by atoms with Gasteiger partial charge in [0.2, 0.25) is 5.92 Å². The van der Waals surface area contributed by atoms with Crippen LogP contribution in [0.3, 0.4) is 0 Å². The average Bonchev–Trinajstić information content (AvgIpc) is 2.73. The number of piperidine rings is 1. The van der Waals surface area contributed by atoms with Crippen molar-refractivity contribution in [3.8, 4) is 0 Å². The van der Waals surface area contributed by atoms with Crippen LogP contribution in [0.1, 0.15) is 62.2 Å². The van der Waals surface area contributed by atoms with Crippen molar-refractivity contribution in [2.24, 2.45) is 0 Å². The molecule has 0 radical (unpaired) electrons. The summed E-state index contributed by atoms with van der Waals surface area (Å²) in [6, 6.07) is 3.12. The van der Waals surface area contributed by atoms with Gasteiger partial charge in [-0.1, -0.05) is 13.0 Å². The second-order valence-electron chi connectivity index (χ2n) is 8.91. The molecule has 3 rings (SSSR count). The minimum atomic E-state index is -3.20. The van der Waals surface area contributed by atoms with Crippen LogP contribution in [0.25, 0.3) is 0 Å². The minimum absolute atomic E-state index is 0.0396. The van der Waals surface area contributed by atoms with E-state index in [0.717, 1.165) is 18.2 Å². The molecule has 1 aromatic rings. The van der Waals surface area contributed by atoms with E-state index >= 15 is 0 Å². The van der Waals surface area contributed by atoms with E-state index in [-0.39, 0.29) is 38.0 Å². The molecule has 1 aliphatic carbocycles. The van der Waals surface area contributed by atoms with Crippen LogP contribution in [0, 0.1) is 11.6 Å². The number of nitrogens with zero attached hydrogens (tertiary/aromatic N) is 1. The zero-order valence-corrected chi connectivity index (χ0v) is 19.0. The monoisotopic (exact) mass is 478 g/mol. The van der Waals surface area contributed by atoms with Gasteiger partial charge in [0, 0.05) is 24.9 Å². The summed E-state index contributed by atoms with van der Waals surface area (Å²) in [7, 11) is -3.20. The van der Waals surface area contributed by atoms with Crippen LogP contribution in [0.2, 0.25) is 0 Å². The van der Waals surface area contributed by atoms with E-state index in [1.807, 2.05) is 11.8 Å². The van der Waals surface area contributed by atoms with Crippen molar-refractivity contribution in [3.05, 3.63) is 35.4 Å². The number of amides is 1. The van der Waals surface area contributed by atoms with Crippen molar-refractivity contribution in [2.45, 2.75) is 68.6 Å². The van der Waals surface area contributed by atoms with Gasteiger partial charge in [-0.2, -0.15) is 0 Å². The summed E-state index contributed by atoms with van der Waals surface area (Å²) in [5.74, 6) is -5.59. The molecular weight excluding hydrogens is 448 g/mol. The Morgan fingerprint density at radius 3 is 2.19 bits per heavy atom. The van der Waals surface area contributed by atoms with Crippen molar-refractivity contribution < 1.29 is 30.8 Å². The topological polar surface area (TPSA) is 66.5 Å². The summed E-state index contributed by atoms with van der Waals surface area (Å²) >= 11 is 0. The third kappa shape index (κ3) is 5.44. The van der Waals surface area contributed by atoms with E-state index < -0.39 is 49.7 Å². The Bertz CT molecular complexity index is 901. The maximum atomic E-state index is 14.0. The standard InChI is InChI=1S/C22H30F4N2O3S/c1-2-14-32(30,31)16-6-12-28(13-7-16)21(8-10-22(25,26)11-9-21)15-27-20(29)19-17(23)4-3-5-18(19)24/h3-5,16H,2,6-15H2,1H3,(H,27,29). The van der Waals surface area contributed by atoms with Crippen LogP contribution in [0.15, 0.2) is 18.2 Å². The Morgan fingerprint density at radius 1 is 1.09 bits per heavy atom. The second kappa shape index (κ2) is 9.67. The Kier molecular flexibility index (Phi) is 7.54. The first-order valence-corrected chi connectivity index (χ1v) is 12.8. The van der Waals surface area contributed by atoms with E-state index in [4.69, 9.17) is 0 Å². The summed E-state index contributed by atoms with van der Waals surface area (Å²) in [6.07, 6.45) is 0.835. The second-order valence-corrected chi connectivity index (χ2v) is 11.3. The summed E-state index contributed by atoms with van der Waals surface area (Å²) < 4.78 is 80.6. The van der Waals surface area contributed by atoms with Gasteiger partial charge >= 0.3 is 0 Å². The largest absolute Gasteiger partial charge is 0.350 e. The highest BCUT2D eigenvalue weighted by Crippen LogP contribution is 2.42. The van der Waals surface area contributed by atoms with Crippen LogP contribution >= 0.6 is 0 Å². The van der Waals surface area contributed by atoms with Crippen LogP contribution < -0.4 is 5.32 Å². The molecule has 180 valence electrons. The first-order chi connectivity index (χ1) is 15.0. The van der Waals surface area contributed by atoms with Crippen LogP contribution in [0.4, 0.5) is 17.6 Å². The normalized spacial score (nSPS) is 21.9. The molecule has 10 heteroatoms. The number of carbonyl (C=O) groups excluding carboxylic acids is 1. The number of benzene rings is 1. The highest BCUT2D eigenvalue weighted by atomic mass is 32.2. The maximum Gasteiger partial charge on any atom is 0.257 e. The summed E-state index contributed by atoms with van der Waals surface area (Å²) in [6.45, 7) is 2.58. The molecule has 1 amide bonds. The Labute approximate surface area is 186 Å². The zero-order valence-electron chi connectivity index (χ0n) is 18.2. The van der Waals surface area contributed by atoms with Crippen molar-refractivity contribution >= 4 is 15.7 Å². The van der Waals surface area contributed by atoms with E-state index in [9.17, 15) is 30.8 Å². The molecule has 1 saturated heterocycles. The molecule has 0 spiro atoms. The molecule has 0 unspecified atom stereocenters. The summed E-state index contributed by atoms with van der Waals surface area (Å²) in [4.78, 5) is 14.5. The third-order valence-electron chi connectivity index (χ3n) is 6.79. The molecule has 2 fully saturated rings. The smallest absolute Gasteiger partial charge is 0.257 e. The van der Waals surface area contributed by atoms with Gasteiger partial charge in [-0.25, -0.2) is 26.0 Å². The van der Waals surface area contributed by atoms with Crippen LogP contribution in [-0.4, -0.2) is 61.3 Å². The fourth-order valence-corrected chi connectivity index (χ4v) is 6.71. The van der Waals surface area contributed by atoms with E-state index in [1.165, 1.54) is 0 Å². The van der Waals surface area contributed by atoms with Gasteiger partial charge in [0.25, 0.3) is 5.91 Å². The minimum Gasteiger partial charge on any atom is -0.350 e. The summed E-state index contributed by atoms with van der Waals surface area (Å²) in [5.41, 5.74) is -1.51. The number of carbonyl (C=O) groups is 1. The molecule has 32 heavy (non-hydrogen) atoms. The van der Waals surface area contributed by atoms with Gasteiger partial charge in [0.15, 0.2) is 9.84 Å². The Morgan fingerprint density at radius 2 is 1.66 bits per heavy atom. The maximum absolute atomic E-state index is 14.0. The lowest BCUT2D eigenvalue weighted by Gasteiger charge is -2.50. The predicted molar refractivity (Wildman–Crippen MR) is 114 cm³/mol. The van der Waals surface area contributed by atoms with Crippen molar-refractivity contribution in [2.75, 3.05) is 25.4 Å². The first-order valence-electron chi connectivity index (χ1n) is 11.1. The number of hydrogen-bond acceptors (Lipinski definition) is 4. The van der Waals surface area contributed by atoms with Crippen LogP contribution in [-0.2, 0) is 9.84 Å². The third-order valence-corrected chi connectivity index (χ3v) is 9.25. The van der Waals surface area contributed by atoms with Crippen molar-refractivity contribution in [1.82, 2.24) is 10.2 Å². The van der Waals surface area contributed by atoms with E-state index in [2.05, 4.69) is 5.32 Å². The molecule has 1 N–H and O–H groups in total. The van der Waals surface area contributed by atoms with Crippen molar-refractivity contribution in [1.29, 1.82) is 0 Å². The molecule has 2 aliphatic rings. The SMILES string of the molecule is CCCS(=O)(=O)C1CCN(C2(CNC(=O)c3c(F)cccc3F)CCC(F)(F)CC2)CC1. The average molecular weight is 479 g/mol. The molecular formula is C22H30F4N2O3S. The molecule has 1 saturated carbocycles. The lowest BCUT2D eigenvalue weighted by molar-refractivity contribution is -0.0842. The molecule has 0 aromatic heterocycles. The van der Waals surface area contributed by atoms with Crippen molar-refractivity contribution in [3.63, 3.8) is 0 Å². The Balaban J connectivity index is 1.74. The van der Waals surface area contributed by atoms with Gasteiger partial charge < -0.3 is 5.32 Å². The van der Waals surface area contributed by atoms with Gasteiger partial charge in [0.05, 0.1) is 11.0 Å². The van der Waals surface area contributed by atoms with Gasteiger partial charge in [-0.05, 0) is 57.3 Å². The number of nitrogens with one attached hydrogen (secondary N) is 1. The number of halogens is 4. The highest BCUT2D eigenvalue weighted by Gasteiger charge is 2.48. The number of rotatable bonds is 7. The lowest BCUT2D eigenvalue weighted by atomic mass is 9.77. The molecule has 1 heterocycles.